The third-order valence-electron chi connectivity index (χ3n) is 6.20. The van der Waals surface area contributed by atoms with E-state index in [1.54, 1.807) is 9.80 Å². The van der Waals surface area contributed by atoms with Crippen molar-refractivity contribution < 1.29 is 36.6 Å². The molecule has 34 heavy (non-hydrogen) atoms. The number of nitrogens with one attached hydrogen (secondary N) is 2. The Morgan fingerprint density at radius 3 is 2.62 bits per heavy atom. The summed E-state index contributed by atoms with van der Waals surface area (Å²) < 4.78 is 60.2. The number of amides is 4. The molecule has 8 nitrogen and oxygen atoms in total. The number of ether oxygens (including phenoxy) is 2. The first-order chi connectivity index (χ1) is 16.2. The van der Waals surface area contributed by atoms with Crippen molar-refractivity contribution in [1.82, 2.24) is 20.4 Å². The van der Waals surface area contributed by atoms with Crippen LogP contribution in [0.25, 0.3) is 0 Å². The minimum atomic E-state index is -4.91. The van der Waals surface area contributed by atoms with Gasteiger partial charge in [0.15, 0.2) is 0 Å². The second-order valence-corrected chi connectivity index (χ2v) is 8.85. The first-order valence-corrected chi connectivity index (χ1v) is 11.4. The lowest BCUT2D eigenvalue weighted by Gasteiger charge is -2.39. The van der Waals surface area contributed by atoms with E-state index in [1.807, 2.05) is 0 Å². The number of urea groups is 2. The van der Waals surface area contributed by atoms with E-state index in [9.17, 15) is 27.2 Å². The highest BCUT2D eigenvalue weighted by molar-refractivity contribution is 5.76. The van der Waals surface area contributed by atoms with Gasteiger partial charge in [-0.25, -0.2) is 14.0 Å². The monoisotopic (exact) mass is 488 g/mol. The molecule has 2 atom stereocenters. The third-order valence-corrected chi connectivity index (χ3v) is 6.20. The van der Waals surface area contributed by atoms with E-state index >= 15 is 0 Å². The molecule has 1 aromatic rings. The molecule has 2 aliphatic heterocycles. The molecule has 2 saturated heterocycles. The summed E-state index contributed by atoms with van der Waals surface area (Å²) in [6.45, 7) is 1.95. The van der Waals surface area contributed by atoms with Crippen molar-refractivity contribution in [1.29, 1.82) is 0 Å². The highest BCUT2D eigenvalue weighted by Crippen LogP contribution is 2.32. The van der Waals surface area contributed by atoms with Crippen LogP contribution in [0.4, 0.5) is 27.2 Å². The van der Waals surface area contributed by atoms with E-state index in [1.165, 1.54) is 0 Å². The van der Waals surface area contributed by atoms with Gasteiger partial charge in [0.2, 0.25) is 0 Å². The Morgan fingerprint density at radius 1 is 1.18 bits per heavy atom. The third kappa shape index (κ3) is 6.43. The summed E-state index contributed by atoms with van der Waals surface area (Å²) in [5.74, 6) is -1.57. The topological polar surface area (TPSA) is 83.1 Å². The zero-order valence-electron chi connectivity index (χ0n) is 18.6. The summed E-state index contributed by atoms with van der Waals surface area (Å²) in [5, 5.41) is 5.65. The fraction of sp³-hybridized carbons (Fsp3) is 0.636. The van der Waals surface area contributed by atoms with Gasteiger partial charge in [-0.15, -0.1) is 13.2 Å². The molecular formula is C22H28F4N4O4. The van der Waals surface area contributed by atoms with E-state index < -0.39 is 17.9 Å². The van der Waals surface area contributed by atoms with Crippen LogP contribution in [0.5, 0.6) is 5.75 Å². The highest BCUT2D eigenvalue weighted by atomic mass is 19.4. The summed E-state index contributed by atoms with van der Waals surface area (Å²) in [4.78, 5) is 29.1. The van der Waals surface area contributed by atoms with Crippen LogP contribution in [-0.4, -0.2) is 72.7 Å². The molecule has 0 spiro atoms. The van der Waals surface area contributed by atoms with Gasteiger partial charge in [-0.05, 0) is 38.2 Å². The first-order valence-electron chi connectivity index (χ1n) is 11.4. The van der Waals surface area contributed by atoms with Gasteiger partial charge in [-0.1, -0.05) is 6.07 Å². The average molecular weight is 488 g/mol. The van der Waals surface area contributed by atoms with Gasteiger partial charge in [0, 0.05) is 43.9 Å². The predicted molar refractivity (Wildman–Crippen MR) is 113 cm³/mol. The standard InChI is InChI=1S/C22H28F4N4O4/c23-19-10-18(34-22(24,25)26)6-3-14(19)11-27-20(31)30(16-4-5-16)17-2-1-8-29(12-17)21(32)28-15-7-9-33-13-15/h3,6,10,15-17H,1-2,4-5,7-9,11-13H2,(H,27,31)(H,28,32). The van der Waals surface area contributed by atoms with Crippen LogP contribution in [0.3, 0.4) is 0 Å². The van der Waals surface area contributed by atoms with Gasteiger partial charge in [0.25, 0.3) is 0 Å². The van der Waals surface area contributed by atoms with Crippen molar-refractivity contribution in [2.24, 2.45) is 0 Å². The van der Waals surface area contributed by atoms with E-state index in [0.29, 0.717) is 32.4 Å². The van der Waals surface area contributed by atoms with E-state index in [-0.39, 0.29) is 42.3 Å². The SMILES string of the molecule is O=C(NC1CCOC1)N1CCCC(N(C(=O)NCc2ccc(OC(F)(F)F)cc2F)C2CC2)C1. The normalized spacial score (nSPS) is 22.9. The van der Waals surface area contributed by atoms with Crippen LogP contribution < -0.4 is 15.4 Å². The van der Waals surface area contributed by atoms with E-state index in [0.717, 1.165) is 44.2 Å². The van der Waals surface area contributed by atoms with Gasteiger partial charge < -0.3 is 29.9 Å². The molecule has 2 N–H and O–H groups in total. The van der Waals surface area contributed by atoms with Crippen LogP contribution in [0.15, 0.2) is 18.2 Å². The van der Waals surface area contributed by atoms with Gasteiger partial charge in [-0.3, -0.25) is 0 Å². The van der Waals surface area contributed by atoms with Gasteiger partial charge in [0.1, 0.15) is 11.6 Å². The number of hydrogen-bond acceptors (Lipinski definition) is 4. The molecule has 4 amide bonds. The van der Waals surface area contributed by atoms with Crippen molar-refractivity contribution in [3.63, 3.8) is 0 Å². The summed E-state index contributed by atoms with van der Waals surface area (Å²) >= 11 is 0. The average Bonchev–Trinajstić information content (AvgIpc) is 3.47. The number of nitrogens with zero attached hydrogens (tertiary/aromatic N) is 2. The van der Waals surface area contributed by atoms with E-state index in [2.05, 4.69) is 15.4 Å². The Labute approximate surface area is 194 Å². The summed E-state index contributed by atoms with van der Waals surface area (Å²) in [6.07, 6.45) is -0.925. The maximum atomic E-state index is 14.2. The largest absolute Gasteiger partial charge is 0.573 e. The molecule has 3 fully saturated rings. The quantitative estimate of drug-likeness (QED) is 0.602. The zero-order valence-corrected chi connectivity index (χ0v) is 18.6. The Bertz CT molecular complexity index is 890. The maximum absolute atomic E-state index is 14.2. The minimum absolute atomic E-state index is 0.00136. The molecule has 0 radical (unpaired) electrons. The van der Waals surface area contributed by atoms with Gasteiger partial charge in [-0.2, -0.15) is 0 Å². The number of carbonyl (C=O) groups is 2. The summed E-state index contributed by atoms with van der Waals surface area (Å²) in [7, 11) is 0. The van der Waals surface area contributed by atoms with Gasteiger partial charge in [0.05, 0.1) is 18.7 Å². The number of piperidine rings is 1. The Kier molecular flexibility index (Phi) is 7.34. The van der Waals surface area contributed by atoms with Crippen molar-refractivity contribution in [3.8, 4) is 5.75 Å². The zero-order chi connectivity index (χ0) is 24.3. The lowest BCUT2D eigenvalue weighted by Crippen LogP contribution is -2.57. The Balaban J connectivity index is 1.34. The van der Waals surface area contributed by atoms with Crippen LogP contribution >= 0.6 is 0 Å². The molecule has 12 heteroatoms. The van der Waals surface area contributed by atoms with Crippen molar-refractivity contribution in [2.75, 3.05) is 26.3 Å². The molecule has 2 heterocycles. The maximum Gasteiger partial charge on any atom is 0.573 e. The predicted octanol–water partition coefficient (Wildman–Crippen LogP) is 3.36. The molecule has 1 aromatic carbocycles. The number of likely N-dealkylation sites (tertiary alicyclic amines) is 1. The first kappa shape index (κ1) is 24.4. The Morgan fingerprint density at radius 2 is 1.97 bits per heavy atom. The van der Waals surface area contributed by atoms with Gasteiger partial charge >= 0.3 is 18.4 Å². The van der Waals surface area contributed by atoms with Crippen molar-refractivity contribution in [2.45, 2.75) is 63.1 Å². The lowest BCUT2D eigenvalue weighted by molar-refractivity contribution is -0.274. The molecule has 4 rings (SSSR count). The number of carbonyl (C=O) groups excluding carboxylic acids is 2. The molecule has 0 aromatic heterocycles. The van der Waals surface area contributed by atoms with Crippen molar-refractivity contribution in [3.05, 3.63) is 29.6 Å². The number of hydrogen-bond donors (Lipinski definition) is 2. The van der Waals surface area contributed by atoms with Crippen molar-refractivity contribution >= 4 is 12.1 Å². The van der Waals surface area contributed by atoms with Crippen LogP contribution in [-0.2, 0) is 11.3 Å². The molecule has 2 unspecified atom stereocenters. The molecule has 1 saturated carbocycles. The second kappa shape index (κ2) is 10.2. The van der Waals surface area contributed by atoms with Crippen LogP contribution in [0.1, 0.15) is 37.7 Å². The summed E-state index contributed by atoms with van der Waals surface area (Å²) in [5.41, 5.74) is 0.0436. The van der Waals surface area contributed by atoms with Crippen LogP contribution in [0.2, 0.25) is 0 Å². The fourth-order valence-electron chi connectivity index (χ4n) is 4.39. The second-order valence-electron chi connectivity index (χ2n) is 8.85. The molecule has 188 valence electrons. The number of benzene rings is 1. The van der Waals surface area contributed by atoms with E-state index in [4.69, 9.17) is 4.74 Å². The summed E-state index contributed by atoms with van der Waals surface area (Å²) in [6, 6.07) is 2.14. The Hall–Kier alpha value is -2.76. The highest BCUT2D eigenvalue weighted by Gasteiger charge is 2.40. The smallest absolute Gasteiger partial charge is 0.406 e. The number of rotatable bonds is 6. The molecular weight excluding hydrogens is 460 g/mol. The lowest BCUT2D eigenvalue weighted by atomic mass is 10.0. The molecule has 0 bridgehead atoms. The minimum Gasteiger partial charge on any atom is -0.406 e. The molecule has 1 aliphatic carbocycles. The molecule has 3 aliphatic rings. The number of halogens is 4. The number of alkyl halides is 3. The fourth-order valence-corrected chi connectivity index (χ4v) is 4.39. The van der Waals surface area contributed by atoms with Crippen LogP contribution in [0, 0.1) is 5.82 Å².